The Bertz CT molecular complexity index is 432. The third-order valence-corrected chi connectivity index (χ3v) is 3.41. The topological polar surface area (TPSA) is 84.1 Å². The molecular formula is C11H15N5O. The molecule has 2 aliphatic rings. The minimum absolute atomic E-state index is 0.115. The lowest BCUT2D eigenvalue weighted by Gasteiger charge is -2.22. The fraction of sp³-hybridized carbons (Fsp3) is 0.545. The van der Waals surface area contributed by atoms with Gasteiger partial charge in [0.15, 0.2) is 5.82 Å². The monoisotopic (exact) mass is 233 g/mol. The normalized spacial score (nSPS) is 28.2. The molecule has 0 aliphatic carbocycles. The number of fused-ring (bicyclic) bond motifs is 2. The molecule has 17 heavy (non-hydrogen) atoms. The Morgan fingerprint density at radius 1 is 1.29 bits per heavy atom. The highest BCUT2D eigenvalue weighted by Gasteiger charge is 2.34. The number of anilines is 2. The summed E-state index contributed by atoms with van der Waals surface area (Å²) in [5.41, 5.74) is 5.49. The van der Waals surface area contributed by atoms with E-state index in [0.29, 0.717) is 36.7 Å². The summed E-state index contributed by atoms with van der Waals surface area (Å²) in [6.45, 7) is 0.675. The van der Waals surface area contributed by atoms with Crippen LogP contribution in [0.15, 0.2) is 12.1 Å². The van der Waals surface area contributed by atoms with Crippen LogP contribution in [0.1, 0.15) is 19.3 Å². The van der Waals surface area contributed by atoms with Crippen molar-refractivity contribution < 1.29 is 4.79 Å². The molecule has 1 aromatic rings. The van der Waals surface area contributed by atoms with Gasteiger partial charge < -0.3 is 11.1 Å². The van der Waals surface area contributed by atoms with Gasteiger partial charge in [-0.25, -0.2) is 0 Å². The number of nitrogens with one attached hydrogen (secondary N) is 1. The first kappa shape index (κ1) is 10.5. The van der Waals surface area contributed by atoms with Crippen molar-refractivity contribution in [1.29, 1.82) is 0 Å². The molecule has 6 nitrogen and oxygen atoms in total. The van der Waals surface area contributed by atoms with E-state index in [9.17, 15) is 4.79 Å². The smallest absolute Gasteiger partial charge is 0.229 e. The third-order valence-electron chi connectivity index (χ3n) is 3.41. The van der Waals surface area contributed by atoms with E-state index in [1.807, 2.05) is 0 Å². The van der Waals surface area contributed by atoms with Crippen LogP contribution in [0, 0.1) is 0 Å². The second-order valence-electron chi connectivity index (χ2n) is 4.66. The molecule has 0 aromatic carbocycles. The van der Waals surface area contributed by atoms with Gasteiger partial charge in [0, 0.05) is 25.0 Å². The molecule has 2 unspecified atom stereocenters. The number of hydrogen-bond acceptors (Lipinski definition) is 5. The minimum Gasteiger partial charge on any atom is -0.382 e. The summed E-state index contributed by atoms with van der Waals surface area (Å²) in [5.74, 6) is 1.08. The number of hydrogen-bond donors (Lipinski definition) is 2. The zero-order valence-corrected chi connectivity index (χ0v) is 9.47. The van der Waals surface area contributed by atoms with Crippen molar-refractivity contribution in [2.45, 2.75) is 31.3 Å². The third kappa shape index (κ3) is 1.95. The van der Waals surface area contributed by atoms with Crippen molar-refractivity contribution in [3.05, 3.63) is 12.1 Å². The first-order valence-corrected chi connectivity index (χ1v) is 5.88. The summed E-state index contributed by atoms with van der Waals surface area (Å²) in [7, 11) is 0. The van der Waals surface area contributed by atoms with E-state index in [-0.39, 0.29) is 5.91 Å². The van der Waals surface area contributed by atoms with Crippen LogP contribution in [-0.4, -0.2) is 34.7 Å². The molecule has 3 heterocycles. The van der Waals surface area contributed by atoms with Crippen molar-refractivity contribution in [3.8, 4) is 0 Å². The summed E-state index contributed by atoms with van der Waals surface area (Å²) >= 11 is 0. The Balaban J connectivity index is 1.86. The standard InChI is InChI=1S/C11H15N5O/c12-9-3-4-10(15-14-9)16-6-8-2-1-7(13-8)5-11(16)17/h3-4,7-8,13H,1-2,5-6H2,(H2,12,14). The van der Waals surface area contributed by atoms with Crippen LogP contribution in [-0.2, 0) is 4.79 Å². The Hall–Kier alpha value is -1.69. The molecule has 1 aromatic heterocycles. The highest BCUT2D eigenvalue weighted by Crippen LogP contribution is 2.24. The number of nitrogens with two attached hydrogens (primary N) is 1. The zero-order chi connectivity index (χ0) is 11.8. The number of rotatable bonds is 1. The average molecular weight is 233 g/mol. The van der Waals surface area contributed by atoms with Gasteiger partial charge in [0.1, 0.15) is 5.82 Å². The molecule has 0 saturated carbocycles. The van der Waals surface area contributed by atoms with Crippen molar-refractivity contribution in [2.75, 3.05) is 17.2 Å². The Morgan fingerprint density at radius 2 is 2.12 bits per heavy atom. The van der Waals surface area contributed by atoms with Crippen LogP contribution in [0.3, 0.4) is 0 Å². The highest BCUT2D eigenvalue weighted by molar-refractivity contribution is 5.93. The van der Waals surface area contributed by atoms with E-state index in [4.69, 9.17) is 5.73 Å². The molecule has 2 saturated heterocycles. The maximum Gasteiger partial charge on any atom is 0.229 e. The second-order valence-corrected chi connectivity index (χ2v) is 4.66. The van der Waals surface area contributed by atoms with Crippen molar-refractivity contribution in [1.82, 2.24) is 15.5 Å². The van der Waals surface area contributed by atoms with Crippen LogP contribution >= 0.6 is 0 Å². The molecule has 0 spiro atoms. The maximum atomic E-state index is 12.1. The summed E-state index contributed by atoms with van der Waals surface area (Å²) in [5, 5.41) is 11.2. The van der Waals surface area contributed by atoms with Gasteiger partial charge in [-0.05, 0) is 25.0 Å². The molecule has 2 atom stereocenters. The van der Waals surface area contributed by atoms with Gasteiger partial charge in [-0.2, -0.15) is 0 Å². The molecule has 2 bridgehead atoms. The fourth-order valence-corrected chi connectivity index (χ4v) is 2.55. The summed E-state index contributed by atoms with van der Waals surface area (Å²) in [6.07, 6.45) is 2.76. The van der Waals surface area contributed by atoms with Gasteiger partial charge in [0.25, 0.3) is 0 Å². The molecule has 3 N–H and O–H groups in total. The largest absolute Gasteiger partial charge is 0.382 e. The number of amides is 1. The van der Waals surface area contributed by atoms with Crippen molar-refractivity contribution in [3.63, 3.8) is 0 Å². The second kappa shape index (κ2) is 3.96. The molecule has 2 fully saturated rings. The predicted octanol–water partition coefficient (Wildman–Crippen LogP) is -0.0839. The molecule has 0 radical (unpaired) electrons. The predicted molar refractivity (Wildman–Crippen MR) is 63.4 cm³/mol. The van der Waals surface area contributed by atoms with Crippen LogP contribution in [0.25, 0.3) is 0 Å². The minimum atomic E-state index is 0.115. The number of carbonyl (C=O) groups is 1. The van der Waals surface area contributed by atoms with E-state index in [0.717, 1.165) is 12.8 Å². The maximum absolute atomic E-state index is 12.1. The Morgan fingerprint density at radius 3 is 2.88 bits per heavy atom. The molecule has 90 valence electrons. The number of nitrogens with zero attached hydrogens (tertiary/aromatic N) is 3. The SMILES string of the molecule is Nc1ccc(N2CC3CCC(CC2=O)N3)nn1. The summed E-state index contributed by atoms with van der Waals surface area (Å²) in [6, 6.07) is 4.14. The van der Waals surface area contributed by atoms with Crippen LogP contribution in [0.2, 0.25) is 0 Å². The lowest BCUT2D eigenvalue weighted by atomic mass is 10.1. The number of carbonyl (C=O) groups excluding carboxylic acids is 1. The first-order chi connectivity index (χ1) is 8.22. The van der Waals surface area contributed by atoms with Gasteiger partial charge in [-0.15, -0.1) is 10.2 Å². The van der Waals surface area contributed by atoms with E-state index in [1.54, 1.807) is 17.0 Å². The van der Waals surface area contributed by atoms with E-state index < -0.39 is 0 Å². The van der Waals surface area contributed by atoms with Crippen LogP contribution in [0.5, 0.6) is 0 Å². The van der Waals surface area contributed by atoms with Crippen molar-refractivity contribution in [2.24, 2.45) is 0 Å². The summed E-state index contributed by atoms with van der Waals surface area (Å²) in [4.78, 5) is 13.8. The molecule has 6 heteroatoms. The van der Waals surface area contributed by atoms with Gasteiger partial charge in [0.2, 0.25) is 5.91 Å². The molecule has 2 aliphatic heterocycles. The molecule has 3 rings (SSSR count). The quantitative estimate of drug-likeness (QED) is 0.708. The van der Waals surface area contributed by atoms with Gasteiger partial charge in [-0.1, -0.05) is 0 Å². The van der Waals surface area contributed by atoms with Crippen LogP contribution < -0.4 is 16.0 Å². The lowest BCUT2D eigenvalue weighted by molar-refractivity contribution is -0.118. The van der Waals surface area contributed by atoms with E-state index in [2.05, 4.69) is 15.5 Å². The van der Waals surface area contributed by atoms with Gasteiger partial charge in [-0.3, -0.25) is 9.69 Å². The van der Waals surface area contributed by atoms with Crippen molar-refractivity contribution >= 4 is 17.5 Å². The van der Waals surface area contributed by atoms with Gasteiger partial charge in [0.05, 0.1) is 0 Å². The average Bonchev–Trinajstić information content (AvgIpc) is 2.67. The summed E-state index contributed by atoms with van der Waals surface area (Å²) < 4.78 is 0. The Kier molecular flexibility index (Phi) is 2.44. The van der Waals surface area contributed by atoms with E-state index >= 15 is 0 Å². The van der Waals surface area contributed by atoms with E-state index in [1.165, 1.54) is 0 Å². The van der Waals surface area contributed by atoms with Gasteiger partial charge >= 0.3 is 0 Å². The highest BCUT2D eigenvalue weighted by atomic mass is 16.2. The number of aromatic nitrogens is 2. The zero-order valence-electron chi connectivity index (χ0n) is 9.47. The first-order valence-electron chi connectivity index (χ1n) is 5.88. The number of nitrogen functional groups attached to an aromatic ring is 1. The lowest BCUT2D eigenvalue weighted by Crippen LogP contribution is -2.38. The molecular weight excluding hydrogens is 218 g/mol. The molecule has 1 amide bonds. The Labute approximate surface area is 99.2 Å². The van der Waals surface area contributed by atoms with Crippen LogP contribution in [0.4, 0.5) is 11.6 Å². The fourth-order valence-electron chi connectivity index (χ4n) is 2.55.